The van der Waals surface area contributed by atoms with E-state index in [1.807, 2.05) is 49.4 Å². The SMILES string of the molecule is COc1cc(-c2nccc(-c3cccc(-c4ccc(CNC[C@@H]5CCC(=O)N5)c(OC)n4)c3Cl)c2Cl)cc(C)c1CNC[C@@H]1CCC(=O)N1. The quantitative estimate of drug-likeness (QED) is 0.137. The van der Waals surface area contributed by atoms with Gasteiger partial charge in [0.1, 0.15) is 5.75 Å². The van der Waals surface area contributed by atoms with Crippen LogP contribution in [0.1, 0.15) is 42.4 Å². The predicted molar refractivity (Wildman–Crippen MR) is 192 cm³/mol. The molecule has 2 fully saturated rings. The summed E-state index contributed by atoms with van der Waals surface area (Å²) < 4.78 is 11.5. The second kappa shape index (κ2) is 15.6. The van der Waals surface area contributed by atoms with E-state index in [1.165, 1.54) is 0 Å². The minimum atomic E-state index is 0.0980. The van der Waals surface area contributed by atoms with Crippen LogP contribution in [0.15, 0.2) is 54.7 Å². The summed E-state index contributed by atoms with van der Waals surface area (Å²) in [5, 5.41) is 13.8. The number of benzene rings is 2. The monoisotopic (exact) mass is 702 g/mol. The molecule has 0 spiro atoms. The standard InChI is InChI=1S/C37H40Cl2N6O4/c1-21-15-23(16-31(48-2)29(21)20-41-19-25-9-12-33(47)44-25)36-35(39)27(13-14-42-36)26-5-4-6-28(34(26)38)30-10-7-22(37(45-30)49-3)17-40-18-24-8-11-32(46)43-24/h4-7,10,13-16,24-25,40-41H,8-9,11-12,17-20H2,1-3H3,(H,43,46)(H,44,47)/t24-,25-/m0/s1. The smallest absolute Gasteiger partial charge is 0.220 e. The maximum Gasteiger partial charge on any atom is 0.220 e. The number of nitrogens with zero attached hydrogens (tertiary/aromatic N) is 2. The lowest BCUT2D eigenvalue weighted by atomic mass is 9.97. The van der Waals surface area contributed by atoms with Crippen molar-refractivity contribution in [2.45, 2.75) is 57.8 Å². The number of amides is 2. The average molecular weight is 704 g/mol. The fourth-order valence-electron chi connectivity index (χ4n) is 6.46. The van der Waals surface area contributed by atoms with Crippen LogP contribution in [0.3, 0.4) is 0 Å². The molecule has 2 amide bonds. The summed E-state index contributed by atoms with van der Waals surface area (Å²) in [5.41, 5.74) is 7.31. The summed E-state index contributed by atoms with van der Waals surface area (Å²) in [6, 6.07) is 15.8. The van der Waals surface area contributed by atoms with Crippen molar-refractivity contribution in [1.29, 1.82) is 0 Å². The molecule has 6 rings (SSSR count). The van der Waals surface area contributed by atoms with E-state index in [1.54, 1.807) is 20.4 Å². The minimum Gasteiger partial charge on any atom is -0.496 e. The maximum absolute atomic E-state index is 11.6. The zero-order chi connectivity index (χ0) is 34.5. The number of ether oxygens (including phenoxy) is 2. The van der Waals surface area contributed by atoms with Gasteiger partial charge in [0.2, 0.25) is 17.7 Å². The second-order valence-electron chi connectivity index (χ2n) is 12.4. The molecular weight excluding hydrogens is 663 g/mol. The molecule has 4 heterocycles. The lowest BCUT2D eigenvalue weighted by Crippen LogP contribution is -2.35. The molecule has 2 atom stereocenters. The van der Waals surface area contributed by atoms with Crippen LogP contribution in [0.25, 0.3) is 33.6 Å². The van der Waals surface area contributed by atoms with Gasteiger partial charge in [-0.1, -0.05) is 47.5 Å². The van der Waals surface area contributed by atoms with Crippen molar-refractivity contribution in [1.82, 2.24) is 31.2 Å². The number of aromatic nitrogens is 2. The van der Waals surface area contributed by atoms with Crippen molar-refractivity contribution < 1.29 is 19.1 Å². The molecule has 10 nitrogen and oxygen atoms in total. The summed E-state index contributed by atoms with van der Waals surface area (Å²) in [5.74, 6) is 1.43. The number of rotatable bonds is 13. The molecule has 256 valence electrons. The Balaban J connectivity index is 1.22. The molecule has 49 heavy (non-hydrogen) atoms. The third kappa shape index (κ3) is 7.83. The van der Waals surface area contributed by atoms with E-state index in [4.69, 9.17) is 37.7 Å². The topological polar surface area (TPSA) is 126 Å². The van der Waals surface area contributed by atoms with Crippen LogP contribution in [0.2, 0.25) is 10.0 Å². The van der Waals surface area contributed by atoms with Crippen molar-refractivity contribution in [3.8, 4) is 45.3 Å². The summed E-state index contributed by atoms with van der Waals surface area (Å²) in [6.07, 6.45) is 4.55. The number of methoxy groups -OCH3 is 2. The first-order valence-corrected chi connectivity index (χ1v) is 17.2. The fraction of sp³-hybridized carbons (Fsp3) is 0.351. The number of carbonyl (C=O) groups excluding carboxylic acids is 2. The van der Waals surface area contributed by atoms with Crippen molar-refractivity contribution in [2.24, 2.45) is 0 Å². The summed E-state index contributed by atoms with van der Waals surface area (Å²) >= 11 is 14.2. The average Bonchev–Trinajstić information content (AvgIpc) is 3.72. The Kier molecular flexibility index (Phi) is 11.0. The van der Waals surface area contributed by atoms with Crippen LogP contribution in [0.5, 0.6) is 11.6 Å². The van der Waals surface area contributed by atoms with Crippen LogP contribution in [0, 0.1) is 6.92 Å². The summed E-state index contributed by atoms with van der Waals surface area (Å²) in [4.78, 5) is 32.5. The number of nitrogens with one attached hydrogen (secondary N) is 4. The highest BCUT2D eigenvalue weighted by atomic mass is 35.5. The minimum absolute atomic E-state index is 0.0980. The third-order valence-electron chi connectivity index (χ3n) is 9.08. The van der Waals surface area contributed by atoms with Crippen LogP contribution >= 0.6 is 23.2 Å². The van der Waals surface area contributed by atoms with Gasteiger partial charge in [0.25, 0.3) is 0 Å². The summed E-state index contributed by atoms with van der Waals surface area (Å²) in [7, 11) is 3.25. The van der Waals surface area contributed by atoms with Gasteiger partial charge in [0.15, 0.2) is 0 Å². The third-order valence-corrected chi connectivity index (χ3v) is 9.87. The molecule has 2 aromatic heterocycles. The van der Waals surface area contributed by atoms with E-state index in [0.717, 1.165) is 57.5 Å². The molecule has 12 heteroatoms. The van der Waals surface area contributed by atoms with E-state index in [2.05, 4.69) is 32.3 Å². The number of pyridine rings is 2. The molecule has 0 unspecified atom stereocenters. The molecule has 4 aromatic rings. The van der Waals surface area contributed by atoms with E-state index < -0.39 is 0 Å². The number of carbonyl (C=O) groups is 2. The second-order valence-corrected chi connectivity index (χ2v) is 13.2. The van der Waals surface area contributed by atoms with Crippen LogP contribution < -0.4 is 30.7 Å². The number of hydrogen-bond donors (Lipinski definition) is 4. The van der Waals surface area contributed by atoms with Gasteiger partial charge in [0, 0.05) is 90.7 Å². The van der Waals surface area contributed by atoms with Crippen molar-refractivity contribution in [3.05, 3.63) is 81.5 Å². The van der Waals surface area contributed by atoms with E-state index in [-0.39, 0.29) is 23.9 Å². The molecule has 0 bridgehead atoms. The molecule has 2 aliphatic heterocycles. The molecule has 2 aromatic carbocycles. The van der Waals surface area contributed by atoms with Gasteiger partial charge in [-0.15, -0.1) is 0 Å². The zero-order valence-electron chi connectivity index (χ0n) is 27.8. The van der Waals surface area contributed by atoms with E-state index >= 15 is 0 Å². The number of halogens is 2. The van der Waals surface area contributed by atoms with Crippen molar-refractivity contribution >= 4 is 35.0 Å². The predicted octanol–water partition coefficient (Wildman–Crippen LogP) is 5.85. The first-order chi connectivity index (χ1) is 23.7. The molecule has 4 N–H and O–H groups in total. The zero-order valence-corrected chi connectivity index (χ0v) is 29.3. The number of aryl methyl sites for hydroxylation is 1. The highest BCUT2D eigenvalue weighted by molar-refractivity contribution is 6.39. The lowest BCUT2D eigenvalue weighted by molar-refractivity contribution is -0.120. The molecule has 0 aliphatic carbocycles. The van der Waals surface area contributed by atoms with Gasteiger partial charge in [-0.05, 0) is 49.6 Å². The van der Waals surface area contributed by atoms with Crippen LogP contribution in [-0.2, 0) is 22.7 Å². The van der Waals surface area contributed by atoms with Crippen molar-refractivity contribution in [3.63, 3.8) is 0 Å². The lowest BCUT2D eigenvalue weighted by Gasteiger charge is -2.18. The van der Waals surface area contributed by atoms with Gasteiger partial charge >= 0.3 is 0 Å². The Morgan fingerprint density at radius 3 is 2.16 bits per heavy atom. The van der Waals surface area contributed by atoms with Crippen molar-refractivity contribution in [2.75, 3.05) is 27.3 Å². The van der Waals surface area contributed by atoms with E-state index in [9.17, 15) is 9.59 Å². The largest absolute Gasteiger partial charge is 0.496 e. The van der Waals surface area contributed by atoms with Crippen LogP contribution in [0.4, 0.5) is 0 Å². The Morgan fingerprint density at radius 1 is 0.837 bits per heavy atom. The van der Waals surface area contributed by atoms with Gasteiger partial charge in [-0.3, -0.25) is 14.6 Å². The molecule has 2 aliphatic rings. The maximum atomic E-state index is 11.6. The fourth-order valence-corrected chi connectivity index (χ4v) is 7.11. The van der Waals surface area contributed by atoms with Crippen LogP contribution in [-0.4, -0.2) is 61.2 Å². The number of hydrogen-bond acceptors (Lipinski definition) is 8. The molecule has 2 saturated heterocycles. The molecule has 0 radical (unpaired) electrons. The normalized spacial score (nSPS) is 17.2. The first kappa shape index (κ1) is 34.6. The van der Waals surface area contributed by atoms with E-state index in [0.29, 0.717) is 66.3 Å². The van der Waals surface area contributed by atoms with Gasteiger partial charge in [-0.2, -0.15) is 0 Å². The highest BCUT2D eigenvalue weighted by Gasteiger charge is 2.23. The van der Waals surface area contributed by atoms with Gasteiger partial charge < -0.3 is 30.7 Å². The van der Waals surface area contributed by atoms with Gasteiger partial charge in [-0.25, -0.2) is 4.98 Å². The Morgan fingerprint density at radius 2 is 1.51 bits per heavy atom. The Labute approximate surface area is 296 Å². The molecular formula is C37H40Cl2N6O4. The first-order valence-electron chi connectivity index (χ1n) is 16.4. The molecule has 0 saturated carbocycles. The Hall–Kier alpha value is -4.22. The summed E-state index contributed by atoms with van der Waals surface area (Å²) in [6.45, 7) is 4.55. The highest BCUT2D eigenvalue weighted by Crippen LogP contribution is 2.42. The van der Waals surface area contributed by atoms with Gasteiger partial charge in [0.05, 0.1) is 35.7 Å². The Bertz CT molecular complexity index is 1870.